The number of ether oxygens (including phenoxy) is 2. The second kappa shape index (κ2) is 12.5. The number of para-hydroxylation sites is 1. The molecule has 4 aliphatic rings. The van der Waals surface area contributed by atoms with E-state index in [0.717, 1.165) is 16.8 Å². The second-order valence-electron chi connectivity index (χ2n) is 12.8. The van der Waals surface area contributed by atoms with Gasteiger partial charge in [0.15, 0.2) is 0 Å². The lowest BCUT2D eigenvalue weighted by Crippen LogP contribution is -2.58. The highest BCUT2D eigenvalue weighted by Gasteiger charge is 2.72. The number of rotatable bonds is 4. The summed E-state index contributed by atoms with van der Waals surface area (Å²) in [6, 6.07) is 12.6. The summed E-state index contributed by atoms with van der Waals surface area (Å²) in [6.07, 6.45) is 5.98. The van der Waals surface area contributed by atoms with Crippen molar-refractivity contribution in [1.29, 1.82) is 0 Å². The Labute approximate surface area is 269 Å². The molecule has 6 rings (SSSR count). The summed E-state index contributed by atoms with van der Waals surface area (Å²) < 4.78 is 13.0. The number of aryl methyl sites for hydroxylation is 2. The minimum Gasteiger partial charge on any atom is -0.455 e. The number of allylic oxidation sites excluding steroid dienone is 1. The van der Waals surface area contributed by atoms with E-state index >= 15 is 0 Å². The van der Waals surface area contributed by atoms with Crippen molar-refractivity contribution in [2.75, 3.05) is 18.1 Å². The van der Waals surface area contributed by atoms with Crippen molar-refractivity contribution in [2.24, 2.45) is 11.8 Å². The summed E-state index contributed by atoms with van der Waals surface area (Å²) in [5.41, 5.74) is 1.77. The first-order valence-electron chi connectivity index (χ1n) is 16.0. The van der Waals surface area contributed by atoms with Crippen molar-refractivity contribution in [3.05, 3.63) is 89.5 Å². The molecule has 0 unspecified atom stereocenters. The number of nitrogens with zero attached hydrogens (tertiary/aromatic N) is 2. The van der Waals surface area contributed by atoms with Crippen LogP contribution in [0.15, 0.2) is 72.8 Å². The number of hydrogen-bond donors (Lipinski definition) is 2. The molecular formula is C36H41N3O7. The Balaban J connectivity index is 1.47. The van der Waals surface area contributed by atoms with Crippen LogP contribution >= 0.6 is 0 Å². The minimum absolute atomic E-state index is 0.179. The first kappa shape index (κ1) is 31.7. The predicted octanol–water partition coefficient (Wildman–Crippen LogP) is 3.31. The number of nitrogens with one attached hydrogen (secondary N) is 1. The number of aliphatic hydroxyl groups is 1. The molecule has 10 heteroatoms. The topological polar surface area (TPSA) is 125 Å². The van der Waals surface area contributed by atoms with Gasteiger partial charge in [-0.3, -0.25) is 19.2 Å². The standard InChI is InChI=1S/C36H41N3O7/c1-21-12-10-13-22(2)30(21)38-19-11-18-36-29(33(42)39(23(3)20-40)32(36)34(38)43)28-26(46-36)16-8-9-17-27(41)37-24(4)31(45-35(28)44)25-14-6-5-7-15-25/h5-8,10-16,18,23-24,26,28-29,31-32,40H,9,17,19-20H2,1-4H3,(H,37,41)/b16-8-/t23-,24+,26+,28-,29-,31-,32+,36-/m1/s1. The van der Waals surface area contributed by atoms with E-state index in [1.165, 1.54) is 4.90 Å². The van der Waals surface area contributed by atoms with Gasteiger partial charge in [0.1, 0.15) is 23.7 Å². The molecule has 0 saturated carbocycles. The molecule has 4 aliphatic heterocycles. The van der Waals surface area contributed by atoms with Crippen molar-refractivity contribution in [1.82, 2.24) is 10.2 Å². The summed E-state index contributed by atoms with van der Waals surface area (Å²) in [5, 5.41) is 13.2. The molecule has 10 nitrogen and oxygen atoms in total. The minimum atomic E-state index is -1.50. The van der Waals surface area contributed by atoms with Gasteiger partial charge in [0.25, 0.3) is 5.91 Å². The van der Waals surface area contributed by atoms with E-state index in [4.69, 9.17) is 9.47 Å². The summed E-state index contributed by atoms with van der Waals surface area (Å²) in [4.78, 5) is 59.5. The van der Waals surface area contributed by atoms with Crippen molar-refractivity contribution in [2.45, 2.75) is 76.5 Å². The first-order chi connectivity index (χ1) is 22.1. The molecule has 0 radical (unpaired) electrons. The Morgan fingerprint density at radius 1 is 1.00 bits per heavy atom. The van der Waals surface area contributed by atoms with Crippen LogP contribution in [0.1, 0.15) is 49.5 Å². The smallest absolute Gasteiger partial charge is 0.313 e. The first-order valence-corrected chi connectivity index (χ1v) is 16.0. The molecule has 2 saturated heterocycles. The van der Waals surface area contributed by atoms with E-state index < -0.39 is 59.6 Å². The molecule has 46 heavy (non-hydrogen) atoms. The number of esters is 1. The molecular weight excluding hydrogens is 586 g/mol. The lowest BCUT2D eigenvalue weighted by atomic mass is 9.77. The maximum atomic E-state index is 14.7. The van der Waals surface area contributed by atoms with Crippen molar-refractivity contribution >= 4 is 29.4 Å². The fraction of sp³-hybridized carbons (Fsp3) is 0.444. The van der Waals surface area contributed by atoms with Crippen LogP contribution in [0.5, 0.6) is 0 Å². The Morgan fingerprint density at radius 2 is 1.72 bits per heavy atom. The van der Waals surface area contributed by atoms with Crippen LogP contribution in [0, 0.1) is 25.7 Å². The Kier molecular flexibility index (Phi) is 8.60. The van der Waals surface area contributed by atoms with Crippen LogP contribution < -0.4 is 10.2 Å². The molecule has 4 heterocycles. The number of benzene rings is 2. The van der Waals surface area contributed by atoms with Crippen molar-refractivity contribution in [3.63, 3.8) is 0 Å². The van der Waals surface area contributed by atoms with Gasteiger partial charge in [0.2, 0.25) is 11.8 Å². The predicted molar refractivity (Wildman–Crippen MR) is 170 cm³/mol. The number of amides is 3. The number of hydrogen-bond acceptors (Lipinski definition) is 7. The van der Waals surface area contributed by atoms with E-state index in [0.29, 0.717) is 12.0 Å². The largest absolute Gasteiger partial charge is 0.455 e. The van der Waals surface area contributed by atoms with Crippen LogP contribution in [0.2, 0.25) is 0 Å². The molecule has 1 spiro atoms. The number of carbonyl (C=O) groups is 4. The molecule has 0 aliphatic carbocycles. The molecule has 3 amide bonds. The number of carbonyl (C=O) groups excluding carboxylic acids is 4. The maximum Gasteiger partial charge on any atom is 0.313 e. The number of aliphatic hydroxyl groups excluding tert-OH is 1. The van der Waals surface area contributed by atoms with Gasteiger partial charge in [0, 0.05) is 18.7 Å². The van der Waals surface area contributed by atoms with Crippen LogP contribution in [-0.4, -0.2) is 76.7 Å². The Morgan fingerprint density at radius 3 is 2.41 bits per heavy atom. The number of cyclic esters (lactones) is 1. The number of anilines is 1. The SMILES string of the molecule is Cc1cccc(C)c1N1CC=C[C@@]23O[C@H]4/C=C\CCC(=O)N[C@@H](C)[C@H](c5ccccc5)OC(=O)[C@H]4[C@@H]2C(=O)N([C@H](C)CO)[C@H]3C1=O. The van der Waals surface area contributed by atoms with Gasteiger partial charge in [-0.25, -0.2) is 0 Å². The maximum absolute atomic E-state index is 14.7. The summed E-state index contributed by atoms with van der Waals surface area (Å²) in [7, 11) is 0. The third kappa shape index (κ3) is 5.23. The fourth-order valence-corrected chi connectivity index (χ4v) is 7.64. The average molecular weight is 628 g/mol. The van der Waals surface area contributed by atoms with E-state index in [1.807, 2.05) is 68.5 Å². The van der Waals surface area contributed by atoms with E-state index in [9.17, 15) is 24.3 Å². The van der Waals surface area contributed by atoms with Crippen LogP contribution in [0.25, 0.3) is 0 Å². The van der Waals surface area contributed by atoms with Gasteiger partial charge in [0.05, 0.1) is 30.7 Å². The molecule has 242 valence electrons. The van der Waals surface area contributed by atoms with Gasteiger partial charge < -0.3 is 29.7 Å². The monoisotopic (exact) mass is 627 g/mol. The second-order valence-corrected chi connectivity index (χ2v) is 12.8. The summed E-state index contributed by atoms with van der Waals surface area (Å²) >= 11 is 0. The third-order valence-corrected chi connectivity index (χ3v) is 9.73. The van der Waals surface area contributed by atoms with Crippen LogP contribution in [0.3, 0.4) is 0 Å². The summed E-state index contributed by atoms with van der Waals surface area (Å²) in [6.45, 7) is 7.20. The van der Waals surface area contributed by atoms with E-state index in [2.05, 4.69) is 5.32 Å². The highest BCUT2D eigenvalue weighted by atomic mass is 16.6. The highest BCUT2D eigenvalue weighted by Crippen LogP contribution is 2.54. The Bertz CT molecular complexity index is 1570. The highest BCUT2D eigenvalue weighted by molar-refractivity contribution is 6.06. The lowest BCUT2D eigenvalue weighted by molar-refractivity contribution is -0.161. The Hall–Kier alpha value is -4.28. The fourth-order valence-electron chi connectivity index (χ4n) is 7.64. The molecule has 2 N–H and O–H groups in total. The van der Waals surface area contributed by atoms with Gasteiger partial charge in [-0.2, -0.15) is 0 Å². The molecule has 2 aromatic carbocycles. The van der Waals surface area contributed by atoms with Gasteiger partial charge in [-0.15, -0.1) is 0 Å². The van der Waals surface area contributed by atoms with Crippen molar-refractivity contribution in [3.8, 4) is 0 Å². The zero-order chi connectivity index (χ0) is 32.7. The van der Waals surface area contributed by atoms with Gasteiger partial charge >= 0.3 is 5.97 Å². The van der Waals surface area contributed by atoms with Gasteiger partial charge in [-0.1, -0.05) is 72.8 Å². The normalized spacial score (nSPS) is 32.7. The molecule has 0 aromatic heterocycles. The number of likely N-dealkylation sites (tertiary alicyclic amines) is 1. The molecule has 2 fully saturated rings. The van der Waals surface area contributed by atoms with Gasteiger partial charge in [-0.05, 0) is 50.8 Å². The average Bonchev–Trinajstić information content (AvgIpc) is 3.43. The zero-order valence-electron chi connectivity index (χ0n) is 26.6. The van der Waals surface area contributed by atoms with Crippen LogP contribution in [0.4, 0.5) is 5.69 Å². The lowest BCUT2D eigenvalue weighted by Gasteiger charge is -2.38. The van der Waals surface area contributed by atoms with Crippen molar-refractivity contribution < 1.29 is 33.8 Å². The van der Waals surface area contributed by atoms with E-state index in [1.54, 1.807) is 37.0 Å². The molecule has 2 aromatic rings. The van der Waals surface area contributed by atoms with E-state index in [-0.39, 0.29) is 31.4 Å². The summed E-state index contributed by atoms with van der Waals surface area (Å²) in [5.74, 6) is -3.80. The molecule has 0 bridgehead atoms. The zero-order valence-corrected chi connectivity index (χ0v) is 26.6. The quantitative estimate of drug-likeness (QED) is 0.394. The number of fused-ring (bicyclic) bond motifs is 2. The third-order valence-electron chi connectivity index (χ3n) is 9.73. The van der Waals surface area contributed by atoms with Crippen LogP contribution in [-0.2, 0) is 28.7 Å². The molecule has 8 atom stereocenters.